The molecule has 1 heterocycles. The monoisotopic (exact) mass is 195 g/mol. The molecule has 0 fully saturated rings. The van der Waals surface area contributed by atoms with Crippen LogP contribution in [0.1, 0.15) is 35.7 Å². The molecular weight excluding hydrogens is 182 g/mol. The summed E-state index contributed by atoms with van der Waals surface area (Å²) in [5, 5.41) is 3.75. The molecule has 0 radical (unpaired) electrons. The molecule has 0 bridgehead atoms. The first-order chi connectivity index (χ1) is 6.70. The van der Waals surface area contributed by atoms with E-state index >= 15 is 0 Å². The fourth-order valence-corrected chi connectivity index (χ4v) is 1.11. The molecule has 0 saturated carbocycles. The minimum atomic E-state index is -0.389. The smallest absolute Gasteiger partial charge is 0.344 e. The quantitative estimate of drug-likeness (QED) is 0.694. The molecular formula is C10H13NO3. The number of hydrogen-bond acceptors (Lipinski definition) is 4. The van der Waals surface area contributed by atoms with Gasteiger partial charge >= 0.3 is 5.97 Å². The first-order valence-corrected chi connectivity index (χ1v) is 4.46. The van der Waals surface area contributed by atoms with Crippen molar-refractivity contribution < 1.29 is 14.1 Å². The highest BCUT2D eigenvalue weighted by Gasteiger charge is 2.19. The molecule has 14 heavy (non-hydrogen) atoms. The second kappa shape index (κ2) is 4.60. The van der Waals surface area contributed by atoms with Gasteiger partial charge in [0.2, 0.25) is 0 Å². The zero-order valence-electron chi connectivity index (χ0n) is 8.53. The predicted octanol–water partition coefficient (Wildman–Crippen LogP) is 2.19. The fourth-order valence-electron chi connectivity index (χ4n) is 1.11. The zero-order valence-corrected chi connectivity index (χ0v) is 8.53. The predicted molar refractivity (Wildman–Crippen MR) is 51.9 cm³/mol. The standard InChI is InChI=1S/C10H13NO3/c1-4-6-8-9(7(3)14-11-8)10(12)13-5-2/h4,6H,5H2,1-3H3/b6-4+. The van der Waals surface area contributed by atoms with Crippen LogP contribution in [0.5, 0.6) is 0 Å². The number of allylic oxidation sites excluding steroid dienone is 1. The van der Waals surface area contributed by atoms with Gasteiger partial charge in [0.15, 0.2) is 0 Å². The molecule has 0 spiro atoms. The number of aryl methyl sites for hydroxylation is 1. The van der Waals surface area contributed by atoms with Crippen molar-refractivity contribution in [3.63, 3.8) is 0 Å². The maximum Gasteiger partial charge on any atom is 0.344 e. The van der Waals surface area contributed by atoms with Gasteiger partial charge in [-0.25, -0.2) is 4.79 Å². The van der Waals surface area contributed by atoms with E-state index in [1.165, 1.54) is 0 Å². The van der Waals surface area contributed by atoms with Crippen molar-refractivity contribution in [2.24, 2.45) is 0 Å². The third kappa shape index (κ3) is 2.02. The minimum absolute atomic E-state index is 0.346. The summed E-state index contributed by atoms with van der Waals surface area (Å²) in [7, 11) is 0. The van der Waals surface area contributed by atoms with Crippen molar-refractivity contribution in [3.05, 3.63) is 23.1 Å². The first-order valence-electron chi connectivity index (χ1n) is 4.46. The van der Waals surface area contributed by atoms with E-state index in [-0.39, 0.29) is 5.97 Å². The number of carbonyl (C=O) groups is 1. The Kier molecular flexibility index (Phi) is 3.45. The Balaban J connectivity index is 3.04. The summed E-state index contributed by atoms with van der Waals surface area (Å²) in [6, 6.07) is 0. The van der Waals surface area contributed by atoms with Gasteiger partial charge < -0.3 is 9.26 Å². The van der Waals surface area contributed by atoms with Gasteiger partial charge in [0.1, 0.15) is 17.0 Å². The van der Waals surface area contributed by atoms with E-state index in [4.69, 9.17) is 9.26 Å². The van der Waals surface area contributed by atoms with E-state index in [0.717, 1.165) is 0 Å². The molecule has 0 saturated heterocycles. The largest absolute Gasteiger partial charge is 0.462 e. The average molecular weight is 195 g/mol. The summed E-state index contributed by atoms with van der Waals surface area (Å²) in [5.41, 5.74) is 0.924. The van der Waals surface area contributed by atoms with E-state index in [1.54, 1.807) is 26.0 Å². The van der Waals surface area contributed by atoms with E-state index in [2.05, 4.69) is 5.16 Å². The Hall–Kier alpha value is -1.58. The lowest BCUT2D eigenvalue weighted by molar-refractivity contribution is 0.0524. The molecule has 4 heteroatoms. The molecule has 0 aliphatic carbocycles. The van der Waals surface area contributed by atoms with Crippen molar-refractivity contribution >= 4 is 12.0 Å². The van der Waals surface area contributed by atoms with E-state index in [1.807, 2.05) is 6.92 Å². The average Bonchev–Trinajstić information content (AvgIpc) is 2.48. The first kappa shape index (κ1) is 10.5. The normalized spacial score (nSPS) is 10.8. The van der Waals surface area contributed by atoms with E-state index in [9.17, 15) is 4.79 Å². The molecule has 1 aromatic heterocycles. The number of ether oxygens (including phenoxy) is 1. The lowest BCUT2D eigenvalue weighted by Gasteiger charge is -1.99. The summed E-state index contributed by atoms with van der Waals surface area (Å²) in [6.45, 7) is 5.64. The van der Waals surface area contributed by atoms with Crippen LogP contribution in [-0.2, 0) is 4.74 Å². The maximum atomic E-state index is 11.5. The Morgan fingerprint density at radius 1 is 1.64 bits per heavy atom. The lowest BCUT2D eigenvalue weighted by atomic mass is 10.2. The minimum Gasteiger partial charge on any atom is -0.462 e. The molecule has 1 rings (SSSR count). The fraction of sp³-hybridized carbons (Fsp3) is 0.400. The van der Waals surface area contributed by atoms with Crippen LogP contribution in [0, 0.1) is 6.92 Å². The summed E-state index contributed by atoms with van der Waals surface area (Å²) < 4.78 is 9.79. The van der Waals surface area contributed by atoms with Crippen LogP contribution >= 0.6 is 0 Å². The van der Waals surface area contributed by atoms with Crippen molar-refractivity contribution in [2.75, 3.05) is 6.61 Å². The van der Waals surface area contributed by atoms with Crippen molar-refractivity contribution in [1.29, 1.82) is 0 Å². The zero-order chi connectivity index (χ0) is 10.6. The van der Waals surface area contributed by atoms with Crippen LogP contribution in [0.2, 0.25) is 0 Å². The highest BCUT2D eigenvalue weighted by Crippen LogP contribution is 2.15. The summed E-state index contributed by atoms with van der Waals surface area (Å²) in [5.74, 6) is 0.0934. The number of nitrogens with zero attached hydrogens (tertiary/aromatic N) is 1. The Bertz CT molecular complexity index is 352. The van der Waals surface area contributed by atoms with Gasteiger partial charge in [-0.05, 0) is 26.8 Å². The van der Waals surface area contributed by atoms with Gasteiger partial charge in [0.05, 0.1) is 6.61 Å². The number of hydrogen-bond donors (Lipinski definition) is 0. The number of rotatable bonds is 3. The summed E-state index contributed by atoms with van der Waals surface area (Å²) in [6.07, 6.45) is 3.50. The van der Waals surface area contributed by atoms with Crippen LogP contribution in [0.25, 0.3) is 6.08 Å². The van der Waals surface area contributed by atoms with Crippen LogP contribution in [0.4, 0.5) is 0 Å². The van der Waals surface area contributed by atoms with Gasteiger partial charge in [0, 0.05) is 0 Å². The lowest BCUT2D eigenvalue weighted by Crippen LogP contribution is -2.06. The second-order valence-electron chi connectivity index (χ2n) is 2.72. The molecule has 4 nitrogen and oxygen atoms in total. The van der Waals surface area contributed by atoms with E-state index < -0.39 is 0 Å². The third-order valence-electron chi connectivity index (χ3n) is 1.69. The molecule has 76 valence electrons. The molecule has 0 unspecified atom stereocenters. The number of esters is 1. The van der Waals surface area contributed by atoms with Gasteiger partial charge in [0.25, 0.3) is 0 Å². The Morgan fingerprint density at radius 2 is 2.36 bits per heavy atom. The molecule has 0 aliphatic heterocycles. The summed E-state index contributed by atoms with van der Waals surface area (Å²) >= 11 is 0. The number of carbonyl (C=O) groups excluding carboxylic acids is 1. The molecule has 0 N–H and O–H groups in total. The molecule has 1 aromatic rings. The molecule has 0 amide bonds. The highest BCUT2D eigenvalue weighted by molar-refractivity contribution is 5.93. The molecule has 0 aromatic carbocycles. The summed E-state index contributed by atoms with van der Waals surface area (Å²) in [4.78, 5) is 11.5. The number of aromatic nitrogens is 1. The Labute approximate surface area is 82.5 Å². The van der Waals surface area contributed by atoms with Gasteiger partial charge in [-0.15, -0.1) is 0 Å². The van der Waals surface area contributed by atoms with Crippen molar-refractivity contribution in [1.82, 2.24) is 5.16 Å². The third-order valence-corrected chi connectivity index (χ3v) is 1.69. The second-order valence-corrected chi connectivity index (χ2v) is 2.72. The van der Waals surface area contributed by atoms with Crippen LogP contribution in [-0.4, -0.2) is 17.7 Å². The van der Waals surface area contributed by atoms with Gasteiger partial charge in [-0.1, -0.05) is 11.2 Å². The molecule has 0 aliphatic rings. The van der Waals surface area contributed by atoms with E-state index in [0.29, 0.717) is 23.6 Å². The van der Waals surface area contributed by atoms with Crippen molar-refractivity contribution in [2.45, 2.75) is 20.8 Å². The molecule has 0 atom stereocenters. The van der Waals surface area contributed by atoms with Gasteiger partial charge in [-0.3, -0.25) is 0 Å². The van der Waals surface area contributed by atoms with Gasteiger partial charge in [-0.2, -0.15) is 0 Å². The van der Waals surface area contributed by atoms with Crippen LogP contribution in [0.15, 0.2) is 10.6 Å². The van der Waals surface area contributed by atoms with Crippen molar-refractivity contribution in [3.8, 4) is 0 Å². The maximum absolute atomic E-state index is 11.5. The highest BCUT2D eigenvalue weighted by atomic mass is 16.5. The topological polar surface area (TPSA) is 52.3 Å². The SMILES string of the molecule is C/C=C/c1noc(C)c1C(=O)OCC. The Morgan fingerprint density at radius 3 is 2.93 bits per heavy atom. The van der Waals surface area contributed by atoms with Crippen LogP contribution < -0.4 is 0 Å². The van der Waals surface area contributed by atoms with Crippen LogP contribution in [0.3, 0.4) is 0 Å².